The lowest BCUT2D eigenvalue weighted by molar-refractivity contribution is -0.118. The fraction of sp³-hybridized carbons (Fsp3) is 0.462. The zero-order valence-corrected chi connectivity index (χ0v) is 12.1. The Hall–Kier alpha value is -0.770. The third-order valence-electron chi connectivity index (χ3n) is 2.56. The van der Waals surface area contributed by atoms with Gasteiger partial charge < -0.3 is 10.6 Å². The summed E-state index contributed by atoms with van der Waals surface area (Å²) < 4.78 is 0. The Labute approximate surface area is 118 Å². The van der Waals surface area contributed by atoms with E-state index in [1.54, 1.807) is 0 Å². The van der Waals surface area contributed by atoms with Gasteiger partial charge in [-0.2, -0.15) is 0 Å². The summed E-state index contributed by atoms with van der Waals surface area (Å²) in [4.78, 5) is 10.7. The zero-order valence-electron chi connectivity index (χ0n) is 10.6. The second kappa shape index (κ2) is 7.62. The van der Waals surface area contributed by atoms with Crippen molar-refractivity contribution in [3.05, 3.63) is 33.8 Å². The van der Waals surface area contributed by atoms with Gasteiger partial charge in [-0.05, 0) is 31.0 Å². The molecule has 0 aliphatic heterocycles. The van der Waals surface area contributed by atoms with Crippen molar-refractivity contribution in [1.29, 1.82) is 0 Å². The number of benzene rings is 1. The maximum Gasteiger partial charge on any atom is 0.216 e. The van der Waals surface area contributed by atoms with E-state index in [0.717, 1.165) is 18.5 Å². The normalized spacial score (nSPS) is 12.2. The van der Waals surface area contributed by atoms with Gasteiger partial charge >= 0.3 is 0 Å². The zero-order chi connectivity index (χ0) is 13.5. The first kappa shape index (κ1) is 15.3. The Bertz CT molecular complexity index is 390. The van der Waals surface area contributed by atoms with Crippen LogP contribution in [0.2, 0.25) is 10.0 Å². The van der Waals surface area contributed by atoms with E-state index in [4.69, 9.17) is 23.2 Å². The molecule has 5 heteroatoms. The van der Waals surface area contributed by atoms with Gasteiger partial charge in [0.05, 0.1) is 0 Å². The van der Waals surface area contributed by atoms with Gasteiger partial charge in [-0.15, -0.1) is 0 Å². The summed E-state index contributed by atoms with van der Waals surface area (Å²) in [6.07, 6.45) is 0.762. The lowest BCUT2D eigenvalue weighted by Gasteiger charge is -2.15. The maximum atomic E-state index is 10.7. The van der Waals surface area contributed by atoms with Gasteiger partial charge in [-0.3, -0.25) is 4.79 Å². The van der Waals surface area contributed by atoms with Crippen LogP contribution in [0, 0.1) is 0 Å². The second-order valence-electron chi connectivity index (χ2n) is 4.24. The molecule has 18 heavy (non-hydrogen) atoms. The lowest BCUT2D eigenvalue weighted by Crippen LogP contribution is -2.36. The SMILES string of the molecule is CC(=O)NCCN[C@@H](C)Cc1c(Cl)cccc1Cl. The van der Waals surface area contributed by atoms with E-state index < -0.39 is 0 Å². The van der Waals surface area contributed by atoms with Crippen LogP contribution >= 0.6 is 23.2 Å². The first-order valence-electron chi connectivity index (χ1n) is 5.91. The molecule has 0 fully saturated rings. The van der Waals surface area contributed by atoms with Crippen LogP contribution in [0.4, 0.5) is 0 Å². The van der Waals surface area contributed by atoms with Crippen LogP contribution < -0.4 is 10.6 Å². The summed E-state index contributed by atoms with van der Waals surface area (Å²) >= 11 is 12.2. The predicted octanol–water partition coefficient (Wildman–Crippen LogP) is 2.65. The van der Waals surface area contributed by atoms with Crippen molar-refractivity contribution in [2.75, 3.05) is 13.1 Å². The minimum atomic E-state index is -0.0152. The van der Waals surface area contributed by atoms with Crippen molar-refractivity contribution in [3.63, 3.8) is 0 Å². The number of carbonyl (C=O) groups excluding carboxylic acids is 1. The van der Waals surface area contributed by atoms with Crippen LogP contribution in [0.15, 0.2) is 18.2 Å². The Morgan fingerprint density at radius 1 is 1.28 bits per heavy atom. The highest BCUT2D eigenvalue weighted by atomic mass is 35.5. The summed E-state index contributed by atoms with van der Waals surface area (Å²) in [6.45, 7) is 4.92. The topological polar surface area (TPSA) is 41.1 Å². The average Bonchev–Trinajstić information content (AvgIpc) is 2.29. The highest BCUT2D eigenvalue weighted by Gasteiger charge is 2.09. The van der Waals surface area contributed by atoms with Crippen molar-refractivity contribution in [2.24, 2.45) is 0 Å². The van der Waals surface area contributed by atoms with E-state index in [9.17, 15) is 4.79 Å². The van der Waals surface area contributed by atoms with Crippen LogP contribution in [0.25, 0.3) is 0 Å². The molecule has 0 saturated carbocycles. The van der Waals surface area contributed by atoms with Crippen molar-refractivity contribution < 1.29 is 4.79 Å². The van der Waals surface area contributed by atoms with Gasteiger partial charge in [-0.1, -0.05) is 29.3 Å². The molecule has 0 spiro atoms. The number of nitrogens with one attached hydrogen (secondary N) is 2. The van der Waals surface area contributed by atoms with Gasteiger partial charge in [0, 0.05) is 36.1 Å². The second-order valence-corrected chi connectivity index (χ2v) is 5.06. The number of rotatable bonds is 6. The van der Waals surface area contributed by atoms with Gasteiger partial charge in [0.1, 0.15) is 0 Å². The Morgan fingerprint density at radius 2 is 1.89 bits per heavy atom. The van der Waals surface area contributed by atoms with E-state index in [0.29, 0.717) is 16.6 Å². The van der Waals surface area contributed by atoms with Crippen molar-refractivity contribution in [1.82, 2.24) is 10.6 Å². The van der Waals surface area contributed by atoms with Crippen molar-refractivity contribution >= 4 is 29.1 Å². The van der Waals surface area contributed by atoms with Crippen LogP contribution in [-0.2, 0) is 11.2 Å². The van der Waals surface area contributed by atoms with E-state index >= 15 is 0 Å². The van der Waals surface area contributed by atoms with Crippen molar-refractivity contribution in [2.45, 2.75) is 26.3 Å². The quantitative estimate of drug-likeness (QED) is 0.790. The molecule has 100 valence electrons. The number of carbonyl (C=O) groups is 1. The van der Waals surface area contributed by atoms with Crippen LogP contribution in [0.3, 0.4) is 0 Å². The summed E-state index contributed by atoms with van der Waals surface area (Å²) in [5.41, 5.74) is 0.959. The summed E-state index contributed by atoms with van der Waals surface area (Å²) in [5.74, 6) is -0.0152. The smallest absolute Gasteiger partial charge is 0.216 e. The van der Waals surface area contributed by atoms with Crippen LogP contribution in [-0.4, -0.2) is 25.0 Å². The van der Waals surface area contributed by atoms with Crippen LogP contribution in [0.5, 0.6) is 0 Å². The molecule has 0 saturated heterocycles. The molecular formula is C13H18Cl2N2O. The van der Waals surface area contributed by atoms with E-state index in [1.807, 2.05) is 18.2 Å². The number of hydrogen-bond donors (Lipinski definition) is 2. The molecular weight excluding hydrogens is 271 g/mol. The molecule has 2 N–H and O–H groups in total. The summed E-state index contributed by atoms with van der Waals surface area (Å²) in [5, 5.41) is 7.43. The number of hydrogen-bond acceptors (Lipinski definition) is 2. The molecule has 1 aromatic rings. The molecule has 3 nitrogen and oxygen atoms in total. The lowest BCUT2D eigenvalue weighted by atomic mass is 10.1. The molecule has 1 aromatic carbocycles. The number of amides is 1. The molecule has 1 amide bonds. The highest BCUT2D eigenvalue weighted by molar-refractivity contribution is 6.35. The van der Waals surface area contributed by atoms with Crippen LogP contribution in [0.1, 0.15) is 19.4 Å². The van der Waals surface area contributed by atoms with Gasteiger partial charge in [0.25, 0.3) is 0 Å². The number of halogens is 2. The van der Waals surface area contributed by atoms with E-state index in [2.05, 4.69) is 17.6 Å². The fourth-order valence-corrected chi connectivity index (χ4v) is 2.21. The molecule has 0 radical (unpaired) electrons. The molecule has 0 aromatic heterocycles. The molecule has 0 heterocycles. The van der Waals surface area contributed by atoms with E-state index in [-0.39, 0.29) is 11.9 Å². The third-order valence-corrected chi connectivity index (χ3v) is 3.27. The molecule has 0 aliphatic carbocycles. The first-order chi connectivity index (χ1) is 8.50. The fourth-order valence-electron chi connectivity index (χ4n) is 1.66. The summed E-state index contributed by atoms with van der Waals surface area (Å²) in [7, 11) is 0. The molecule has 1 rings (SSSR count). The largest absolute Gasteiger partial charge is 0.355 e. The molecule has 0 unspecified atom stereocenters. The Balaban J connectivity index is 2.40. The van der Waals surface area contributed by atoms with Gasteiger partial charge in [0.15, 0.2) is 0 Å². The molecule has 0 aliphatic rings. The molecule has 0 bridgehead atoms. The minimum absolute atomic E-state index is 0.0152. The monoisotopic (exact) mass is 288 g/mol. The predicted molar refractivity (Wildman–Crippen MR) is 76.3 cm³/mol. The third kappa shape index (κ3) is 5.25. The molecule has 1 atom stereocenters. The van der Waals surface area contributed by atoms with Crippen molar-refractivity contribution in [3.8, 4) is 0 Å². The summed E-state index contributed by atoms with van der Waals surface area (Å²) in [6, 6.07) is 5.76. The Morgan fingerprint density at radius 3 is 2.44 bits per heavy atom. The Kier molecular flexibility index (Phi) is 6.47. The minimum Gasteiger partial charge on any atom is -0.355 e. The standard InChI is InChI=1S/C13H18Cl2N2O/c1-9(16-6-7-17-10(2)18)8-11-12(14)4-3-5-13(11)15/h3-5,9,16H,6-8H2,1-2H3,(H,17,18)/t9-/m0/s1. The van der Waals surface area contributed by atoms with E-state index in [1.165, 1.54) is 6.92 Å². The average molecular weight is 289 g/mol. The first-order valence-corrected chi connectivity index (χ1v) is 6.67. The van der Waals surface area contributed by atoms with Gasteiger partial charge in [0.2, 0.25) is 5.91 Å². The van der Waals surface area contributed by atoms with Gasteiger partial charge in [-0.25, -0.2) is 0 Å². The maximum absolute atomic E-state index is 10.7. The highest BCUT2D eigenvalue weighted by Crippen LogP contribution is 2.25.